The summed E-state index contributed by atoms with van der Waals surface area (Å²) in [5, 5.41) is 11.5. The van der Waals surface area contributed by atoms with Crippen molar-refractivity contribution in [3.63, 3.8) is 0 Å². The molecule has 1 N–H and O–H groups in total. The third-order valence-electron chi connectivity index (χ3n) is 2.79. The zero-order valence-electron chi connectivity index (χ0n) is 9.46. The van der Waals surface area contributed by atoms with E-state index in [2.05, 4.69) is 36.3 Å². The minimum absolute atomic E-state index is 0.129. The number of hydrogen-bond donors (Lipinski definition) is 1. The summed E-state index contributed by atoms with van der Waals surface area (Å²) in [6.07, 6.45) is 2.16. The Morgan fingerprint density at radius 2 is 1.86 bits per heavy atom. The largest absolute Gasteiger partial charge is 0.363 e. The third kappa shape index (κ3) is 2.69. The number of anilines is 1. The third-order valence-corrected chi connectivity index (χ3v) is 2.79. The first-order valence-corrected chi connectivity index (χ1v) is 5.18. The van der Waals surface area contributed by atoms with Crippen LogP contribution in [-0.4, -0.2) is 15.7 Å². The second-order valence-electron chi connectivity index (χ2n) is 3.95. The molecule has 0 unspecified atom stereocenters. The van der Waals surface area contributed by atoms with Crippen LogP contribution in [0, 0.1) is 6.92 Å². The van der Waals surface area contributed by atoms with Gasteiger partial charge in [0.15, 0.2) is 0 Å². The van der Waals surface area contributed by atoms with Crippen LogP contribution in [0.2, 0.25) is 0 Å². The van der Waals surface area contributed by atoms with Crippen molar-refractivity contribution in [2.24, 2.45) is 0 Å². The van der Waals surface area contributed by atoms with E-state index < -0.39 is 0 Å². The molecule has 1 aromatic heterocycles. The maximum absolute atomic E-state index is 4.10. The van der Waals surface area contributed by atoms with Gasteiger partial charge in [-0.25, -0.2) is 0 Å². The molecule has 1 heterocycles. The monoisotopic (exact) mass is 193 g/mol. The Morgan fingerprint density at radius 3 is 2.29 bits per heavy atom. The molecule has 1 aromatic rings. The summed E-state index contributed by atoms with van der Waals surface area (Å²) in [4.78, 5) is 0. The van der Waals surface area contributed by atoms with E-state index in [1.165, 1.54) is 0 Å². The molecule has 14 heavy (non-hydrogen) atoms. The first-order chi connectivity index (χ1) is 6.59. The van der Waals surface area contributed by atoms with Crippen LogP contribution >= 0.6 is 0 Å². The van der Waals surface area contributed by atoms with Gasteiger partial charge in [-0.3, -0.25) is 0 Å². The highest BCUT2D eigenvalue weighted by atomic mass is 15.2. The topological polar surface area (TPSA) is 37.8 Å². The fourth-order valence-corrected chi connectivity index (χ4v) is 1.20. The highest BCUT2D eigenvalue weighted by Gasteiger charge is 2.19. The van der Waals surface area contributed by atoms with Crippen molar-refractivity contribution in [2.75, 3.05) is 5.32 Å². The van der Waals surface area contributed by atoms with E-state index in [4.69, 9.17) is 0 Å². The highest BCUT2D eigenvalue weighted by molar-refractivity contribution is 5.36. The Labute approximate surface area is 85.9 Å². The van der Waals surface area contributed by atoms with Gasteiger partial charge in [-0.05, 0) is 38.8 Å². The summed E-state index contributed by atoms with van der Waals surface area (Å²) < 4.78 is 0. The number of rotatable bonds is 4. The lowest BCUT2D eigenvalue weighted by atomic mass is 9.96. The molecule has 1 rings (SSSR count). The number of aromatic nitrogens is 2. The number of hydrogen-bond acceptors (Lipinski definition) is 3. The minimum Gasteiger partial charge on any atom is -0.363 e. The van der Waals surface area contributed by atoms with E-state index in [1.54, 1.807) is 0 Å². The molecule has 0 aliphatic rings. The van der Waals surface area contributed by atoms with E-state index in [-0.39, 0.29) is 5.54 Å². The van der Waals surface area contributed by atoms with Crippen molar-refractivity contribution in [3.05, 3.63) is 17.8 Å². The van der Waals surface area contributed by atoms with Crippen LogP contribution in [-0.2, 0) is 0 Å². The van der Waals surface area contributed by atoms with E-state index in [9.17, 15) is 0 Å². The van der Waals surface area contributed by atoms with Gasteiger partial charge >= 0.3 is 0 Å². The molecule has 0 radical (unpaired) electrons. The Hall–Kier alpha value is -1.12. The van der Waals surface area contributed by atoms with Crippen LogP contribution in [0.25, 0.3) is 0 Å². The molecule has 78 valence electrons. The van der Waals surface area contributed by atoms with E-state index in [0.717, 1.165) is 24.4 Å². The van der Waals surface area contributed by atoms with Gasteiger partial charge < -0.3 is 5.32 Å². The first kappa shape index (κ1) is 11.0. The number of aryl methyl sites for hydroxylation is 1. The van der Waals surface area contributed by atoms with E-state index >= 15 is 0 Å². The molecule has 0 bridgehead atoms. The van der Waals surface area contributed by atoms with Crippen LogP contribution < -0.4 is 5.32 Å². The van der Waals surface area contributed by atoms with Gasteiger partial charge in [0.25, 0.3) is 0 Å². The Morgan fingerprint density at radius 1 is 1.21 bits per heavy atom. The van der Waals surface area contributed by atoms with Crippen molar-refractivity contribution >= 4 is 5.82 Å². The molecule has 0 aromatic carbocycles. The van der Waals surface area contributed by atoms with Crippen molar-refractivity contribution in [1.82, 2.24) is 10.2 Å². The summed E-state index contributed by atoms with van der Waals surface area (Å²) in [5.41, 5.74) is 1.08. The van der Waals surface area contributed by atoms with Crippen molar-refractivity contribution in [3.8, 4) is 0 Å². The van der Waals surface area contributed by atoms with Crippen LogP contribution in [0.5, 0.6) is 0 Å². The molecule has 0 atom stereocenters. The lowest BCUT2D eigenvalue weighted by molar-refractivity contribution is 0.476. The lowest BCUT2D eigenvalue weighted by Gasteiger charge is -2.28. The lowest BCUT2D eigenvalue weighted by Crippen LogP contribution is -2.33. The maximum atomic E-state index is 4.10. The smallest absolute Gasteiger partial charge is 0.149 e. The van der Waals surface area contributed by atoms with Crippen molar-refractivity contribution in [1.29, 1.82) is 0 Å². The molecular weight excluding hydrogens is 174 g/mol. The molecule has 0 aliphatic heterocycles. The maximum Gasteiger partial charge on any atom is 0.149 e. The van der Waals surface area contributed by atoms with Gasteiger partial charge in [0.05, 0.1) is 5.69 Å². The first-order valence-electron chi connectivity index (χ1n) is 5.18. The quantitative estimate of drug-likeness (QED) is 0.799. The Balaban J connectivity index is 2.72. The Kier molecular flexibility index (Phi) is 3.44. The average molecular weight is 193 g/mol. The molecule has 0 saturated heterocycles. The van der Waals surface area contributed by atoms with Gasteiger partial charge in [-0.2, -0.15) is 5.10 Å². The van der Waals surface area contributed by atoms with Gasteiger partial charge in [-0.1, -0.05) is 13.8 Å². The summed E-state index contributed by atoms with van der Waals surface area (Å²) in [6, 6.07) is 3.95. The minimum atomic E-state index is 0.129. The predicted molar refractivity (Wildman–Crippen MR) is 59.4 cm³/mol. The van der Waals surface area contributed by atoms with Gasteiger partial charge in [0, 0.05) is 5.54 Å². The molecule has 0 aliphatic carbocycles. The van der Waals surface area contributed by atoms with Crippen LogP contribution in [0.3, 0.4) is 0 Å². The van der Waals surface area contributed by atoms with Gasteiger partial charge in [0.2, 0.25) is 0 Å². The zero-order chi connectivity index (χ0) is 10.6. The second kappa shape index (κ2) is 4.40. The Bertz CT molecular complexity index is 275. The van der Waals surface area contributed by atoms with E-state index in [1.807, 2.05) is 19.1 Å². The molecule has 3 heteroatoms. The predicted octanol–water partition coefficient (Wildman–Crippen LogP) is 2.78. The van der Waals surface area contributed by atoms with Crippen molar-refractivity contribution < 1.29 is 0 Å². The van der Waals surface area contributed by atoms with Crippen LogP contribution in [0.15, 0.2) is 12.1 Å². The summed E-state index contributed by atoms with van der Waals surface area (Å²) in [7, 11) is 0. The van der Waals surface area contributed by atoms with Gasteiger partial charge in [-0.15, -0.1) is 5.10 Å². The SMILES string of the molecule is CCC(C)(CC)Nc1ccc(C)nn1. The number of nitrogens with one attached hydrogen (secondary N) is 1. The second-order valence-corrected chi connectivity index (χ2v) is 3.95. The van der Waals surface area contributed by atoms with Crippen molar-refractivity contribution in [2.45, 2.75) is 46.1 Å². The fourth-order valence-electron chi connectivity index (χ4n) is 1.20. The van der Waals surface area contributed by atoms with Gasteiger partial charge in [0.1, 0.15) is 5.82 Å². The fraction of sp³-hybridized carbons (Fsp3) is 0.636. The van der Waals surface area contributed by atoms with E-state index in [0.29, 0.717) is 0 Å². The summed E-state index contributed by atoms with van der Waals surface area (Å²) >= 11 is 0. The molecular formula is C11H19N3. The number of nitrogens with zero attached hydrogens (tertiary/aromatic N) is 2. The zero-order valence-corrected chi connectivity index (χ0v) is 9.46. The average Bonchev–Trinajstić information content (AvgIpc) is 2.21. The van der Waals surface area contributed by atoms with Crippen LogP contribution in [0.4, 0.5) is 5.82 Å². The molecule has 0 saturated carbocycles. The molecule has 0 amide bonds. The normalized spacial score (nSPS) is 11.4. The van der Waals surface area contributed by atoms with Crippen LogP contribution in [0.1, 0.15) is 39.3 Å². The standard InChI is InChI=1S/C11H19N3/c1-5-11(4,6-2)12-10-8-7-9(3)13-14-10/h7-8H,5-6H2,1-4H3,(H,12,14). The molecule has 3 nitrogen and oxygen atoms in total. The summed E-state index contributed by atoms with van der Waals surface area (Å²) in [5.74, 6) is 0.863. The molecule has 0 spiro atoms. The highest BCUT2D eigenvalue weighted by Crippen LogP contribution is 2.19. The summed E-state index contributed by atoms with van der Waals surface area (Å²) in [6.45, 7) is 8.50. The molecule has 0 fully saturated rings.